The minimum absolute atomic E-state index is 0.0641. The minimum atomic E-state index is -0.245. The minimum Gasteiger partial charge on any atom is -0.348 e. The SMILES string of the molecule is O=C(Cc1ccc2ccccc2c1)N1CCCCC1C1OCCO1. The summed E-state index contributed by atoms with van der Waals surface area (Å²) in [4.78, 5) is 14.9. The number of carbonyl (C=O) groups is 1. The lowest BCUT2D eigenvalue weighted by molar-refractivity contribution is -0.149. The van der Waals surface area contributed by atoms with Crippen LogP contribution in [0.5, 0.6) is 0 Å². The second-order valence-corrected chi connectivity index (χ2v) is 6.62. The first-order chi connectivity index (χ1) is 11.8. The zero-order chi connectivity index (χ0) is 16.4. The van der Waals surface area contributed by atoms with E-state index in [-0.39, 0.29) is 18.2 Å². The molecule has 0 bridgehead atoms. The van der Waals surface area contributed by atoms with Gasteiger partial charge in [-0.25, -0.2) is 0 Å². The van der Waals surface area contributed by atoms with E-state index in [1.165, 1.54) is 10.8 Å². The number of benzene rings is 2. The summed E-state index contributed by atoms with van der Waals surface area (Å²) in [6.07, 6.45) is 3.36. The topological polar surface area (TPSA) is 38.8 Å². The second-order valence-electron chi connectivity index (χ2n) is 6.62. The van der Waals surface area contributed by atoms with Crippen molar-refractivity contribution >= 4 is 16.7 Å². The maximum atomic E-state index is 12.9. The van der Waals surface area contributed by atoms with Gasteiger partial charge in [0.1, 0.15) is 0 Å². The normalized spacial score (nSPS) is 22.2. The first-order valence-corrected chi connectivity index (χ1v) is 8.81. The maximum absolute atomic E-state index is 12.9. The molecule has 1 amide bonds. The summed E-state index contributed by atoms with van der Waals surface area (Å²) in [7, 11) is 0. The molecule has 0 aromatic heterocycles. The van der Waals surface area contributed by atoms with Crippen LogP contribution in [0.2, 0.25) is 0 Å². The summed E-state index contributed by atoms with van der Waals surface area (Å²) in [5, 5.41) is 2.39. The average Bonchev–Trinajstić information content (AvgIpc) is 3.16. The third-order valence-corrected chi connectivity index (χ3v) is 5.00. The number of fused-ring (bicyclic) bond motifs is 1. The highest BCUT2D eigenvalue weighted by Crippen LogP contribution is 2.25. The standard InChI is InChI=1S/C20H23NO3/c22-19(14-15-8-9-16-5-1-2-6-17(16)13-15)21-10-4-3-7-18(21)20-23-11-12-24-20/h1-2,5-6,8-9,13,18,20H,3-4,7,10-12,14H2. The van der Waals surface area contributed by atoms with Crippen molar-refractivity contribution in [1.82, 2.24) is 4.90 Å². The highest BCUT2D eigenvalue weighted by Gasteiger charge is 2.35. The van der Waals surface area contributed by atoms with Gasteiger partial charge in [-0.2, -0.15) is 0 Å². The molecule has 2 aliphatic rings. The van der Waals surface area contributed by atoms with Crippen molar-refractivity contribution in [1.29, 1.82) is 0 Å². The fourth-order valence-corrected chi connectivity index (χ4v) is 3.77. The lowest BCUT2D eigenvalue weighted by Gasteiger charge is -2.38. The average molecular weight is 325 g/mol. The van der Waals surface area contributed by atoms with E-state index in [2.05, 4.69) is 30.3 Å². The van der Waals surface area contributed by atoms with Gasteiger partial charge in [0, 0.05) is 6.54 Å². The highest BCUT2D eigenvalue weighted by molar-refractivity contribution is 5.85. The Bertz CT molecular complexity index is 724. The number of carbonyl (C=O) groups excluding carboxylic acids is 1. The number of ether oxygens (including phenoxy) is 2. The van der Waals surface area contributed by atoms with Crippen molar-refractivity contribution in [3.8, 4) is 0 Å². The van der Waals surface area contributed by atoms with E-state index in [4.69, 9.17) is 9.47 Å². The Labute approximate surface area is 142 Å². The molecule has 2 aliphatic heterocycles. The van der Waals surface area contributed by atoms with E-state index in [1.807, 2.05) is 17.0 Å². The summed E-state index contributed by atoms with van der Waals surface area (Å²) in [5.74, 6) is 0.175. The van der Waals surface area contributed by atoms with Crippen LogP contribution in [0.4, 0.5) is 0 Å². The number of nitrogens with zero attached hydrogens (tertiary/aromatic N) is 1. The van der Waals surface area contributed by atoms with E-state index in [1.54, 1.807) is 0 Å². The van der Waals surface area contributed by atoms with Crippen LogP contribution >= 0.6 is 0 Å². The zero-order valence-corrected chi connectivity index (χ0v) is 13.8. The van der Waals surface area contributed by atoms with E-state index in [9.17, 15) is 4.79 Å². The molecule has 4 nitrogen and oxygen atoms in total. The summed E-state index contributed by atoms with van der Waals surface area (Å²) in [6, 6.07) is 14.6. The summed E-state index contributed by atoms with van der Waals surface area (Å²) in [5.41, 5.74) is 1.07. The molecule has 4 heteroatoms. The van der Waals surface area contributed by atoms with Gasteiger partial charge >= 0.3 is 0 Å². The number of likely N-dealkylation sites (tertiary alicyclic amines) is 1. The van der Waals surface area contributed by atoms with Crippen LogP contribution in [-0.2, 0) is 20.7 Å². The Morgan fingerprint density at radius 1 is 1.04 bits per heavy atom. The molecule has 4 rings (SSSR count). The van der Waals surface area contributed by atoms with E-state index < -0.39 is 0 Å². The van der Waals surface area contributed by atoms with Crippen molar-refractivity contribution in [3.63, 3.8) is 0 Å². The summed E-state index contributed by atoms with van der Waals surface area (Å²) >= 11 is 0. The summed E-state index contributed by atoms with van der Waals surface area (Å²) < 4.78 is 11.3. The molecule has 0 N–H and O–H groups in total. The van der Waals surface area contributed by atoms with E-state index in [0.29, 0.717) is 19.6 Å². The van der Waals surface area contributed by atoms with Gasteiger partial charge in [0.15, 0.2) is 6.29 Å². The highest BCUT2D eigenvalue weighted by atomic mass is 16.7. The molecule has 0 radical (unpaired) electrons. The molecular formula is C20H23NO3. The van der Waals surface area contributed by atoms with Crippen LogP contribution in [0.1, 0.15) is 24.8 Å². The van der Waals surface area contributed by atoms with Gasteiger partial charge in [0.25, 0.3) is 0 Å². The number of amides is 1. The smallest absolute Gasteiger partial charge is 0.227 e. The van der Waals surface area contributed by atoms with Gasteiger partial charge in [-0.05, 0) is 35.6 Å². The number of hydrogen-bond donors (Lipinski definition) is 0. The van der Waals surface area contributed by atoms with Gasteiger partial charge < -0.3 is 14.4 Å². The second kappa shape index (κ2) is 6.91. The van der Waals surface area contributed by atoms with E-state index in [0.717, 1.165) is 31.4 Å². The molecule has 2 heterocycles. The molecule has 1 atom stereocenters. The van der Waals surface area contributed by atoms with Crippen LogP contribution in [0.3, 0.4) is 0 Å². The number of hydrogen-bond acceptors (Lipinski definition) is 3. The predicted octanol–water partition coefficient (Wildman–Crippen LogP) is 3.14. The Hall–Kier alpha value is -1.91. The van der Waals surface area contributed by atoms with Crippen LogP contribution in [0.15, 0.2) is 42.5 Å². The van der Waals surface area contributed by atoms with Gasteiger partial charge in [-0.1, -0.05) is 42.5 Å². The van der Waals surface area contributed by atoms with Crippen molar-refractivity contribution in [2.24, 2.45) is 0 Å². The van der Waals surface area contributed by atoms with E-state index >= 15 is 0 Å². The Morgan fingerprint density at radius 2 is 1.83 bits per heavy atom. The largest absolute Gasteiger partial charge is 0.348 e. The molecule has 0 aliphatic carbocycles. The Balaban J connectivity index is 1.50. The molecule has 0 spiro atoms. The fraction of sp³-hybridized carbons (Fsp3) is 0.450. The van der Waals surface area contributed by atoms with Gasteiger partial charge in [0.2, 0.25) is 5.91 Å². The molecule has 2 aromatic carbocycles. The molecule has 2 fully saturated rings. The molecule has 126 valence electrons. The predicted molar refractivity (Wildman–Crippen MR) is 92.7 cm³/mol. The summed E-state index contributed by atoms with van der Waals surface area (Å²) in [6.45, 7) is 2.07. The van der Waals surface area contributed by atoms with Crippen LogP contribution in [-0.4, -0.2) is 42.9 Å². The van der Waals surface area contributed by atoms with Gasteiger partial charge in [-0.15, -0.1) is 0 Å². The van der Waals surface area contributed by atoms with Crippen molar-refractivity contribution in [2.75, 3.05) is 19.8 Å². The number of rotatable bonds is 3. The molecule has 1 unspecified atom stereocenters. The lowest BCUT2D eigenvalue weighted by atomic mass is 9.99. The third kappa shape index (κ3) is 3.17. The first-order valence-electron chi connectivity index (χ1n) is 8.81. The Morgan fingerprint density at radius 3 is 2.67 bits per heavy atom. The van der Waals surface area contributed by atoms with Gasteiger partial charge in [0.05, 0.1) is 25.7 Å². The Kier molecular flexibility index (Phi) is 4.50. The molecule has 2 saturated heterocycles. The van der Waals surface area contributed by atoms with Crippen molar-refractivity contribution in [2.45, 2.75) is 38.0 Å². The molecular weight excluding hydrogens is 302 g/mol. The van der Waals surface area contributed by atoms with Crippen molar-refractivity contribution < 1.29 is 14.3 Å². The monoisotopic (exact) mass is 325 g/mol. The zero-order valence-electron chi connectivity index (χ0n) is 13.8. The molecule has 2 aromatic rings. The fourth-order valence-electron chi connectivity index (χ4n) is 3.77. The quantitative estimate of drug-likeness (QED) is 0.870. The van der Waals surface area contributed by atoms with Crippen LogP contribution in [0, 0.1) is 0 Å². The maximum Gasteiger partial charge on any atom is 0.227 e. The van der Waals surface area contributed by atoms with Crippen LogP contribution < -0.4 is 0 Å². The number of piperidine rings is 1. The van der Waals surface area contributed by atoms with Crippen LogP contribution in [0.25, 0.3) is 10.8 Å². The third-order valence-electron chi connectivity index (χ3n) is 5.00. The lowest BCUT2D eigenvalue weighted by Crippen LogP contribution is -2.50. The van der Waals surface area contributed by atoms with Crippen molar-refractivity contribution in [3.05, 3.63) is 48.0 Å². The van der Waals surface area contributed by atoms with Gasteiger partial charge in [-0.3, -0.25) is 4.79 Å². The molecule has 24 heavy (non-hydrogen) atoms. The molecule has 0 saturated carbocycles. The first kappa shape index (κ1) is 15.6.